The molecule has 0 N–H and O–H groups in total. The van der Waals surface area contributed by atoms with Crippen molar-refractivity contribution >= 4 is 17.2 Å². The summed E-state index contributed by atoms with van der Waals surface area (Å²) in [7, 11) is 1.83. The van der Waals surface area contributed by atoms with Gasteiger partial charge in [0.25, 0.3) is 0 Å². The molecular formula is C23H20N2O2S. The molecule has 4 rings (SSSR count). The minimum Gasteiger partial charge on any atom is -0.462 e. The van der Waals surface area contributed by atoms with Crippen molar-refractivity contribution in [3.8, 4) is 21.9 Å². The predicted octanol–water partition coefficient (Wildman–Crippen LogP) is 5.27. The lowest BCUT2D eigenvalue weighted by Crippen LogP contribution is -2.27. The third-order valence-electron chi connectivity index (χ3n) is 4.52. The molecule has 0 bridgehead atoms. The molecule has 0 spiro atoms. The second-order valence-corrected chi connectivity index (χ2v) is 7.47. The van der Waals surface area contributed by atoms with Crippen LogP contribution in [0.5, 0.6) is 0 Å². The van der Waals surface area contributed by atoms with E-state index in [1.165, 1.54) is 22.5 Å². The van der Waals surface area contributed by atoms with Crippen molar-refractivity contribution < 1.29 is 9.21 Å². The van der Waals surface area contributed by atoms with Crippen LogP contribution in [-0.2, 0) is 17.8 Å². The van der Waals surface area contributed by atoms with Crippen LogP contribution in [0.25, 0.3) is 21.9 Å². The van der Waals surface area contributed by atoms with E-state index in [9.17, 15) is 4.79 Å². The van der Waals surface area contributed by atoms with Crippen LogP contribution in [0.1, 0.15) is 11.3 Å². The molecule has 2 heterocycles. The summed E-state index contributed by atoms with van der Waals surface area (Å²) >= 11 is 1.49. The van der Waals surface area contributed by atoms with Gasteiger partial charge in [-0.3, -0.25) is 4.79 Å². The second kappa shape index (κ2) is 8.23. The maximum atomic E-state index is 12.6. The van der Waals surface area contributed by atoms with Crippen LogP contribution in [-0.4, -0.2) is 22.8 Å². The van der Waals surface area contributed by atoms with E-state index in [0.717, 1.165) is 22.0 Å². The monoisotopic (exact) mass is 388 g/mol. The first-order chi connectivity index (χ1) is 13.7. The van der Waals surface area contributed by atoms with Crippen LogP contribution in [0.3, 0.4) is 0 Å². The molecule has 4 nitrogen and oxygen atoms in total. The molecule has 28 heavy (non-hydrogen) atoms. The van der Waals surface area contributed by atoms with E-state index in [0.29, 0.717) is 6.54 Å². The van der Waals surface area contributed by atoms with Crippen LogP contribution >= 0.6 is 11.3 Å². The number of amides is 1. The molecule has 0 aliphatic carbocycles. The number of nitrogens with zero attached hydrogens (tertiary/aromatic N) is 2. The predicted molar refractivity (Wildman–Crippen MR) is 112 cm³/mol. The van der Waals surface area contributed by atoms with Gasteiger partial charge in [-0.15, -0.1) is 11.3 Å². The van der Waals surface area contributed by atoms with Crippen LogP contribution in [0.2, 0.25) is 0 Å². The third kappa shape index (κ3) is 4.21. The Balaban J connectivity index is 1.37. The van der Waals surface area contributed by atoms with Gasteiger partial charge in [0.05, 0.1) is 18.4 Å². The lowest BCUT2D eigenvalue weighted by molar-refractivity contribution is -0.129. The first-order valence-electron chi connectivity index (χ1n) is 9.05. The Bertz CT molecular complexity index is 1040. The Morgan fingerprint density at radius 1 is 1.00 bits per heavy atom. The second-order valence-electron chi connectivity index (χ2n) is 6.61. The standard InChI is InChI=1S/C23H20N2O2S/c1-25(15-17-9-11-19(12-10-17)18-6-3-2-4-7-18)22(26)14-20-16-28-23(24-20)21-8-5-13-27-21/h2-13,16H,14-15H2,1H3. The summed E-state index contributed by atoms with van der Waals surface area (Å²) in [6.07, 6.45) is 1.91. The van der Waals surface area contributed by atoms with E-state index in [4.69, 9.17) is 4.42 Å². The summed E-state index contributed by atoms with van der Waals surface area (Å²) in [5.41, 5.74) is 4.23. The molecule has 1 amide bonds. The molecule has 0 fully saturated rings. The van der Waals surface area contributed by atoms with Gasteiger partial charge in [0.1, 0.15) is 0 Å². The van der Waals surface area contributed by atoms with E-state index < -0.39 is 0 Å². The summed E-state index contributed by atoms with van der Waals surface area (Å²) in [5, 5.41) is 2.71. The van der Waals surface area contributed by atoms with Crippen molar-refractivity contribution in [1.82, 2.24) is 9.88 Å². The lowest BCUT2D eigenvalue weighted by Gasteiger charge is -2.17. The highest BCUT2D eigenvalue weighted by Crippen LogP contribution is 2.24. The van der Waals surface area contributed by atoms with Crippen molar-refractivity contribution in [2.45, 2.75) is 13.0 Å². The van der Waals surface area contributed by atoms with E-state index in [2.05, 4.69) is 41.4 Å². The maximum absolute atomic E-state index is 12.6. The normalized spacial score (nSPS) is 10.8. The number of hydrogen-bond donors (Lipinski definition) is 0. The number of carbonyl (C=O) groups excluding carboxylic acids is 1. The topological polar surface area (TPSA) is 46.3 Å². The average Bonchev–Trinajstić information content (AvgIpc) is 3.41. The highest BCUT2D eigenvalue weighted by Gasteiger charge is 2.14. The van der Waals surface area contributed by atoms with Gasteiger partial charge in [0.2, 0.25) is 5.91 Å². The minimum absolute atomic E-state index is 0.0448. The molecule has 2 aromatic carbocycles. The number of thiazole rings is 1. The van der Waals surface area contributed by atoms with Gasteiger partial charge < -0.3 is 9.32 Å². The van der Waals surface area contributed by atoms with Gasteiger partial charge in [0, 0.05) is 19.0 Å². The van der Waals surface area contributed by atoms with E-state index in [-0.39, 0.29) is 12.3 Å². The smallest absolute Gasteiger partial charge is 0.228 e. The summed E-state index contributed by atoms with van der Waals surface area (Å²) in [5.74, 6) is 0.777. The van der Waals surface area contributed by atoms with Crippen LogP contribution < -0.4 is 0 Å². The zero-order chi connectivity index (χ0) is 19.3. The molecule has 0 saturated heterocycles. The molecule has 0 aliphatic rings. The quantitative estimate of drug-likeness (QED) is 0.452. The van der Waals surface area contributed by atoms with Crippen molar-refractivity contribution in [3.05, 3.63) is 89.6 Å². The molecular weight excluding hydrogens is 368 g/mol. The number of rotatable bonds is 6. The number of furan rings is 1. The van der Waals surface area contributed by atoms with Crippen molar-refractivity contribution in [1.29, 1.82) is 0 Å². The molecule has 0 radical (unpaired) electrons. The Morgan fingerprint density at radius 2 is 1.75 bits per heavy atom. The van der Waals surface area contributed by atoms with Crippen molar-refractivity contribution in [3.63, 3.8) is 0 Å². The van der Waals surface area contributed by atoms with E-state index >= 15 is 0 Å². The summed E-state index contributed by atoms with van der Waals surface area (Å²) in [6.45, 7) is 0.573. The largest absolute Gasteiger partial charge is 0.462 e. The summed E-state index contributed by atoms with van der Waals surface area (Å²) in [6, 6.07) is 22.3. The lowest BCUT2D eigenvalue weighted by atomic mass is 10.0. The van der Waals surface area contributed by atoms with Crippen molar-refractivity contribution in [2.24, 2.45) is 0 Å². The molecule has 2 aromatic heterocycles. The molecule has 5 heteroatoms. The van der Waals surface area contributed by atoms with Crippen molar-refractivity contribution in [2.75, 3.05) is 7.05 Å². The Hall–Kier alpha value is -3.18. The fraction of sp³-hybridized carbons (Fsp3) is 0.130. The average molecular weight is 388 g/mol. The summed E-state index contributed by atoms with van der Waals surface area (Å²) < 4.78 is 5.36. The Kier molecular flexibility index (Phi) is 5.35. The van der Waals surface area contributed by atoms with E-state index in [1.807, 2.05) is 42.8 Å². The minimum atomic E-state index is 0.0448. The van der Waals surface area contributed by atoms with Gasteiger partial charge in [-0.05, 0) is 28.8 Å². The molecule has 0 unspecified atom stereocenters. The Morgan fingerprint density at radius 3 is 2.46 bits per heavy atom. The van der Waals surface area contributed by atoms with E-state index in [1.54, 1.807) is 11.2 Å². The number of hydrogen-bond acceptors (Lipinski definition) is 4. The van der Waals surface area contributed by atoms with Gasteiger partial charge >= 0.3 is 0 Å². The first kappa shape index (κ1) is 18.2. The number of carbonyl (C=O) groups is 1. The zero-order valence-corrected chi connectivity index (χ0v) is 16.4. The fourth-order valence-electron chi connectivity index (χ4n) is 2.99. The molecule has 140 valence electrons. The number of aromatic nitrogens is 1. The van der Waals surface area contributed by atoms with Gasteiger partial charge in [0.15, 0.2) is 10.8 Å². The molecule has 0 aliphatic heterocycles. The van der Waals surface area contributed by atoms with Crippen LogP contribution in [0.15, 0.2) is 82.8 Å². The molecule has 0 saturated carbocycles. The molecule has 0 atom stereocenters. The third-order valence-corrected chi connectivity index (χ3v) is 5.43. The fourth-order valence-corrected chi connectivity index (χ4v) is 3.77. The van der Waals surface area contributed by atoms with Gasteiger partial charge in [-0.2, -0.15) is 0 Å². The Labute approximate surface area is 168 Å². The number of benzene rings is 2. The van der Waals surface area contributed by atoms with Crippen LogP contribution in [0.4, 0.5) is 0 Å². The molecule has 4 aromatic rings. The highest BCUT2D eigenvalue weighted by molar-refractivity contribution is 7.13. The van der Waals surface area contributed by atoms with Gasteiger partial charge in [-0.1, -0.05) is 54.6 Å². The first-order valence-corrected chi connectivity index (χ1v) is 9.93. The maximum Gasteiger partial charge on any atom is 0.228 e. The number of likely N-dealkylation sites (N-methyl/N-ethyl adjacent to an activating group) is 1. The van der Waals surface area contributed by atoms with Gasteiger partial charge in [-0.25, -0.2) is 4.98 Å². The zero-order valence-electron chi connectivity index (χ0n) is 15.5. The van der Waals surface area contributed by atoms with Crippen LogP contribution in [0, 0.1) is 0 Å². The highest BCUT2D eigenvalue weighted by atomic mass is 32.1. The summed E-state index contributed by atoms with van der Waals surface area (Å²) in [4.78, 5) is 18.8. The SMILES string of the molecule is CN(Cc1ccc(-c2ccccc2)cc1)C(=O)Cc1csc(-c2ccco2)n1.